The molecular formula is C25H35N5O5. The number of fused-ring (bicyclic) bond motifs is 1. The molecule has 0 spiro atoms. The number of ether oxygens (including phenoxy) is 1. The van der Waals surface area contributed by atoms with Gasteiger partial charge in [-0.25, -0.2) is 0 Å². The van der Waals surface area contributed by atoms with Gasteiger partial charge in [-0.15, -0.1) is 0 Å². The van der Waals surface area contributed by atoms with E-state index in [4.69, 9.17) is 4.74 Å². The molecule has 1 saturated carbocycles. The third kappa shape index (κ3) is 5.12. The minimum atomic E-state index is -0.686. The summed E-state index contributed by atoms with van der Waals surface area (Å²) < 4.78 is 8.21. The van der Waals surface area contributed by atoms with Crippen LogP contribution in [-0.2, 0) is 16.1 Å². The first-order valence-corrected chi connectivity index (χ1v) is 12.2. The van der Waals surface area contributed by atoms with Gasteiger partial charge < -0.3 is 20.1 Å². The summed E-state index contributed by atoms with van der Waals surface area (Å²) in [5.74, 6) is -1.14. The second-order valence-corrected chi connectivity index (χ2v) is 10.6. The first-order valence-electron chi connectivity index (χ1n) is 12.2. The minimum absolute atomic E-state index is 0.0153. The van der Waals surface area contributed by atoms with E-state index in [-0.39, 0.29) is 29.0 Å². The molecule has 0 aromatic carbocycles. The van der Waals surface area contributed by atoms with E-state index in [9.17, 15) is 19.5 Å². The highest BCUT2D eigenvalue weighted by Gasteiger charge is 2.31. The second kappa shape index (κ2) is 9.49. The van der Waals surface area contributed by atoms with Crippen molar-refractivity contribution in [1.29, 1.82) is 0 Å². The van der Waals surface area contributed by atoms with E-state index >= 15 is 0 Å². The Morgan fingerprint density at radius 1 is 1.29 bits per heavy atom. The zero-order valence-electron chi connectivity index (χ0n) is 21.1. The molecule has 10 heteroatoms. The van der Waals surface area contributed by atoms with Crippen molar-refractivity contribution in [3.63, 3.8) is 0 Å². The van der Waals surface area contributed by atoms with Crippen LogP contribution in [0.25, 0.3) is 11.7 Å². The van der Waals surface area contributed by atoms with Gasteiger partial charge in [-0.2, -0.15) is 9.61 Å². The standard InChI is InChI=1S/C25H35N5O5/c1-6-17-13-35-12-11-28(17)19(31)10-9-18-15(2)27-30-22(18)29(14-25(3,4)5)23(33)20(24(30)34)21(32)26-16-7-8-16/h9-10,16-17,33H,6-8,11-14H2,1-5H3,(H,26,32). The van der Waals surface area contributed by atoms with E-state index in [1.54, 1.807) is 22.5 Å². The third-order valence-corrected chi connectivity index (χ3v) is 6.37. The van der Waals surface area contributed by atoms with Crippen molar-refractivity contribution in [2.24, 2.45) is 5.41 Å². The van der Waals surface area contributed by atoms with Crippen LogP contribution < -0.4 is 10.9 Å². The molecule has 1 unspecified atom stereocenters. The molecule has 3 heterocycles. The summed E-state index contributed by atoms with van der Waals surface area (Å²) in [4.78, 5) is 40.9. The Morgan fingerprint density at radius 2 is 2.00 bits per heavy atom. The summed E-state index contributed by atoms with van der Waals surface area (Å²) in [5.41, 5.74) is 0.123. The van der Waals surface area contributed by atoms with Gasteiger partial charge in [-0.1, -0.05) is 27.7 Å². The number of carbonyl (C=O) groups is 2. The van der Waals surface area contributed by atoms with Crippen molar-refractivity contribution < 1.29 is 19.4 Å². The Kier molecular flexibility index (Phi) is 6.77. The number of aromatic hydroxyl groups is 1. The fraction of sp³-hybridized carbons (Fsp3) is 0.600. The molecule has 2 fully saturated rings. The van der Waals surface area contributed by atoms with Crippen LogP contribution in [0.1, 0.15) is 68.6 Å². The topological polar surface area (TPSA) is 118 Å². The van der Waals surface area contributed by atoms with Crippen LogP contribution in [0.4, 0.5) is 0 Å². The number of rotatable bonds is 6. The molecule has 0 radical (unpaired) electrons. The van der Waals surface area contributed by atoms with Crippen molar-refractivity contribution in [3.8, 4) is 5.88 Å². The Bertz CT molecular complexity index is 1230. The van der Waals surface area contributed by atoms with Crippen LogP contribution >= 0.6 is 0 Å². The maximum atomic E-state index is 13.3. The van der Waals surface area contributed by atoms with E-state index in [2.05, 4.69) is 10.4 Å². The number of nitrogens with zero attached hydrogens (tertiary/aromatic N) is 4. The summed E-state index contributed by atoms with van der Waals surface area (Å²) in [6, 6.07) is 0.0469. The Hall–Kier alpha value is -3.14. The van der Waals surface area contributed by atoms with Crippen LogP contribution in [-0.4, -0.2) is 67.8 Å². The third-order valence-electron chi connectivity index (χ3n) is 6.37. The summed E-state index contributed by atoms with van der Waals surface area (Å²) >= 11 is 0. The fourth-order valence-electron chi connectivity index (χ4n) is 4.40. The zero-order valence-corrected chi connectivity index (χ0v) is 21.1. The predicted molar refractivity (Wildman–Crippen MR) is 131 cm³/mol. The largest absolute Gasteiger partial charge is 0.494 e. The van der Waals surface area contributed by atoms with Gasteiger partial charge in [0.2, 0.25) is 11.8 Å². The van der Waals surface area contributed by atoms with Gasteiger partial charge in [0, 0.05) is 30.8 Å². The molecule has 2 aromatic heterocycles. The van der Waals surface area contributed by atoms with E-state index in [0.717, 1.165) is 23.8 Å². The van der Waals surface area contributed by atoms with Gasteiger partial charge in [-0.05, 0) is 37.7 Å². The number of aromatic nitrogens is 3. The molecule has 190 valence electrons. The summed E-state index contributed by atoms with van der Waals surface area (Å²) in [6.07, 6.45) is 5.63. The SMILES string of the molecule is CCC1COCCN1C(=O)C=Cc1c(C)nn2c(=O)c(C(=O)NC3CC3)c(O)n(CC(C)(C)C)c12. The Labute approximate surface area is 204 Å². The average Bonchev–Trinajstić information content (AvgIpc) is 3.54. The molecule has 2 aromatic rings. The van der Waals surface area contributed by atoms with Crippen LogP contribution in [0.5, 0.6) is 5.88 Å². The quantitative estimate of drug-likeness (QED) is 0.605. The van der Waals surface area contributed by atoms with Gasteiger partial charge in [0.1, 0.15) is 5.65 Å². The summed E-state index contributed by atoms with van der Waals surface area (Å²) in [7, 11) is 0. The van der Waals surface area contributed by atoms with E-state index in [0.29, 0.717) is 43.2 Å². The molecule has 1 aliphatic heterocycles. The molecule has 2 amide bonds. The maximum Gasteiger partial charge on any atom is 0.291 e. The minimum Gasteiger partial charge on any atom is -0.494 e. The second-order valence-electron chi connectivity index (χ2n) is 10.6. The highest BCUT2D eigenvalue weighted by atomic mass is 16.5. The molecular weight excluding hydrogens is 450 g/mol. The number of hydrogen-bond donors (Lipinski definition) is 2. The van der Waals surface area contributed by atoms with Crippen molar-refractivity contribution in [3.05, 3.63) is 33.3 Å². The van der Waals surface area contributed by atoms with Gasteiger partial charge in [-0.3, -0.25) is 19.0 Å². The number of nitrogens with one attached hydrogen (secondary N) is 1. The molecule has 10 nitrogen and oxygen atoms in total. The van der Waals surface area contributed by atoms with Gasteiger partial charge >= 0.3 is 0 Å². The highest BCUT2D eigenvalue weighted by Crippen LogP contribution is 2.28. The first-order chi connectivity index (χ1) is 16.5. The molecule has 2 N–H and O–H groups in total. The fourth-order valence-corrected chi connectivity index (χ4v) is 4.40. The van der Waals surface area contributed by atoms with Crippen molar-refractivity contribution in [2.75, 3.05) is 19.8 Å². The van der Waals surface area contributed by atoms with E-state index < -0.39 is 17.3 Å². The van der Waals surface area contributed by atoms with Gasteiger partial charge in [0.05, 0.1) is 24.9 Å². The lowest BCUT2D eigenvalue weighted by atomic mass is 9.96. The van der Waals surface area contributed by atoms with Crippen LogP contribution in [0, 0.1) is 12.3 Å². The van der Waals surface area contributed by atoms with Crippen LogP contribution in [0.2, 0.25) is 0 Å². The number of hydrogen-bond acceptors (Lipinski definition) is 6. The lowest BCUT2D eigenvalue weighted by Gasteiger charge is -2.34. The van der Waals surface area contributed by atoms with Crippen LogP contribution in [0.15, 0.2) is 10.9 Å². The molecule has 1 aliphatic carbocycles. The summed E-state index contributed by atoms with van der Waals surface area (Å²) in [6.45, 7) is 11.6. The van der Waals surface area contributed by atoms with Gasteiger partial charge in [0.15, 0.2) is 5.56 Å². The molecule has 4 rings (SSSR count). The van der Waals surface area contributed by atoms with Crippen molar-refractivity contribution >= 4 is 23.5 Å². The van der Waals surface area contributed by atoms with Crippen molar-refractivity contribution in [2.45, 2.75) is 72.5 Å². The van der Waals surface area contributed by atoms with Crippen molar-refractivity contribution in [1.82, 2.24) is 24.4 Å². The normalized spacial score (nSPS) is 19.0. The lowest BCUT2D eigenvalue weighted by Crippen LogP contribution is -2.47. The molecule has 2 aliphatic rings. The number of aryl methyl sites for hydroxylation is 1. The van der Waals surface area contributed by atoms with Crippen LogP contribution in [0.3, 0.4) is 0 Å². The first kappa shape index (κ1) is 25.0. The Morgan fingerprint density at radius 3 is 2.63 bits per heavy atom. The molecule has 1 saturated heterocycles. The number of morpholine rings is 1. The molecule has 0 bridgehead atoms. The summed E-state index contributed by atoms with van der Waals surface area (Å²) in [5, 5.41) is 18.4. The number of carbonyl (C=O) groups excluding carboxylic acids is 2. The highest BCUT2D eigenvalue weighted by molar-refractivity contribution is 5.97. The smallest absolute Gasteiger partial charge is 0.291 e. The monoisotopic (exact) mass is 485 g/mol. The predicted octanol–water partition coefficient (Wildman–Crippen LogP) is 2.10. The average molecular weight is 486 g/mol. The van der Waals surface area contributed by atoms with E-state index in [1.807, 2.05) is 27.7 Å². The van der Waals surface area contributed by atoms with E-state index in [1.165, 1.54) is 6.08 Å². The molecule has 35 heavy (non-hydrogen) atoms. The maximum absolute atomic E-state index is 13.3. The number of amides is 2. The molecule has 1 atom stereocenters. The zero-order chi connectivity index (χ0) is 25.5. The lowest BCUT2D eigenvalue weighted by molar-refractivity contribution is -0.134. The van der Waals surface area contributed by atoms with Gasteiger partial charge in [0.25, 0.3) is 11.5 Å². The Balaban J connectivity index is 1.81.